The van der Waals surface area contributed by atoms with Crippen molar-refractivity contribution in [2.45, 2.75) is 20.3 Å². The number of benzene rings is 3. The van der Waals surface area contributed by atoms with Gasteiger partial charge in [-0.1, -0.05) is 36.7 Å². The number of amides is 1. The molecule has 0 atom stereocenters. The molecule has 0 bridgehead atoms. The molecule has 1 amide bonds. The molecule has 0 spiro atoms. The zero-order valence-electron chi connectivity index (χ0n) is 18.2. The van der Waals surface area contributed by atoms with Crippen LogP contribution >= 0.6 is 11.6 Å². The Labute approximate surface area is 195 Å². The average molecular weight is 464 g/mol. The van der Waals surface area contributed by atoms with E-state index in [0.717, 1.165) is 12.0 Å². The molecule has 0 aliphatic rings. The molecular weight excluding hydrogens is 442 g/mol. The summed E-state index contributed by atoms with van der Waals surface area (Å²) in [5.74, 6) is 0.712. The Bertz CT molecular complexity index is 1360. The standard InChI is InChI=1S/C26H22ClNO5/c1-3-17-7-9-18(10-8-17)33-24-14-32-23-13-19(11-12-20(23)26(24)30)31-15-25(29)28-22-6-4-5-21(27)16(22)2/h4-14H,3,15H2,1-2H3,(H,28,29). The maximum Gasteiger partial charge on any atom is 0.262 e. The highest BCUT2D eigenvalue weighted by Gasteiger charge is 2.12. The second kappa shape index (κ2) is 9.79. The van der Waals surface area contributed by atoms with Gasteiger partial charge in [0.25, 0.3) is 5.91 Å². The van der Waals surface area contributed by atoms with E-state index in [0.29, 0.717) is 33.2 Å². The lowest BCUT2D eigenvalue weighted by Gasteiger charge is -2.11. The summed E-state index contributed by atoms with van der Waals surface area (Å²) in [6.07, 6.45) is 2.20. The van der Waals surface area contributed by atoms with E-state index in [1.54, 1.807) is 36.4 Å². The summed E-state index contributed by atoms with van der Waals surface area (Å²) >= 11 is 6.08. The number of anilines is 1. The number of nitrogens with one attached hydrogen (secondary N) is 1. The minimum Gasteiger partial charge on any atom is -0.484 e. The molecule has 0 radical (unpaired) electrons. The fourth-order valence-corrected chi connectivity index (χ4v) is 3.42. The van der Waals surface area contributed by atoms with Crippen LogP contribution in [0, 0.1) is 6.92 Å². The molecule has 1 heterocycles. The number of hydrogen-bond acceptors (Lipinski definition) is 5. The van der Waals surface area contributed by atoms with E-state index >= 15 is 0 Å². The topological polar surface area (TPSA) is 77.8 Å². The van der Waals surface area contributed by atoms with Gasteiger partial charge in [-0.25, -0.2) is 0 Å². The summed E-state index contributed by atoms with van der Waals surface area (Å²) in [5, 5.41) is 3.69. The first-order chi connectivity index (χ1) is 15.9. The Morgan fingerprint density at radius 1 is 1.06 bits per heavy atom. The molecule has 0 fully saturated rings. The van der Waals surface area contributed by atoms with Crippen LogP contribution in [-0.4, -0.2) is 12.5 Å². The molecule has 7 heteroatoms. The lowest BCUT2D eigenvalue weighted by molar-refractivity contribution is -0.118. The highest BCUT2D eigenvalue weighted by atomic mass is 35.5. The van der Waals surface area contributed by atoms with Crippen LogP contribution in [0.5, 0.6) is 17.2 Å². The summed E-state index contributed by atoms with van der Waals surface area (Å²) in [7, 11) is 0. The predicted molar refractivity (Wildman–Crippen MR) is 129 cm³/mol. The van der Waals surface area contributed by atoms with Gasteiger partial charge < -0.3 is 19.2 Å². The molecule has 1 N–H and O–H groups in total. The second-order valence-corrected chi connectivity index (χ2v) is 7.84. The van der Waals surface area contributed by atoms with E-state index in [-0.39, 0.29) is 23.7 Å². The van der Waals surface area contributed by atoms with E-state index in [1.165, 1.54) is 11.8 Å². The third-order valence-electron chi connectivity index (χ3n) is 5.19. The highest BCUT2D eigenvalue weighted by Crippen LogP contribution is 2.25. The normalized spacial score (nSPS) is 10.8. The number of hydrogen-bond donors (Lipinski definition) is 1. The van der Waals surface area contributed by atoms with E-state index in [4.69, 9.17) is 25.5 Å². The fourth-order valence-electron chi connectivity index (χ4n) is 3.25. The summed E-state index contributed by atoms with van der Waals surface area (Å²) in [6.45, 7) is 3.68. The smallest absolute Gasteiger partial charge is 0.262 e. The SMILES string of the molecule is CCc1ccc(Oc2coc3cc(OCC(=O)Nc4cccc(Cl)c4C)ccc3c2=O)cc1. The Morgan fingerprint density at radius 3 is 2.58 bits per heavy atom. The van der Waals surface area contributed by atoms with Gasteiger partial charge in [-0.15, -0.1) is 0 Å². The summed E-state index contributed by atoms with van der Waals surface area (Å²) in [5.41, 5.74) is 2.61. The molecule has 3 aromatic carbocycles. The first kappa shape index (κ1) is 22.4. The van der Waals surface area contributed by atoms with Gasteiger partial charge in [0.05, 0.1) is 5.39 Å². The molecule has 6 nitrogen and oxygen atoms in total. The number of fused-ring (bicyclic) bond motifs is 1. The van der Waals surface area contributed by atoms with E-state index in [1.807, 2.05) is 31.2 Å². The van der Waals surface area contributed by atoms with Gasteiger partial charge in [0.2, 0.25) is 11.2 Å². The van der Waals surface area contributed by atoms with E-state index in [9.17, 15) is 9.59 Å². The predicted octanol–water partition coefficient (Wildman–Crippen LogP) is 6.13. The van der Waals surface area contributed by atoms with Crippen molar-refractivity contribution in [3.8, 4) is 17.2 Å². The lowest BCUT2D eigenvalue weighted by atomic mass is 10.2. The number of rotatable bonds is 7. The molecule has 0 saturated carbocycles. The molecular formula is C26H22ClNO5. The zero-order valence-corrected chi connectivity index (χ0v) is 18.9. The van der Waals surface area contributed by atoms with Crippen molar-refractivity contribution < 1.29 is 18.7 Å². The number of carbonyl (C=O) groups is 1. The summed E-state index contributed by atoms with van der Waals surface area (Å²) in [4.78, 5) is 25.1. The van der Waals surface area contributed by atoms with Gasteiger partial charge in [0.1, 0.15) is 23.3 Å². The van der Waals surface area contributed by atoms with E-state index < -0.39 is 0 Å². The van der Waals surface area contributed by atoms with Gasteiger partial charge in [0, 0.05) is 16.8 Å². The third-order valence-corrected chi connectivity index (χ3v) is 5.60. The van der Waals surface area contributed by atoms with Crippen molar-refractivity contribution in [2.24, 2.45) is 0 Å². The molecule has 4 aromatic rings. The van der Waals surface area contributed by atoms with Gasteiger partial charge in [-0.3, -0.25) is 9.59 Å². The van der Waals surface area contributed by atoms with Crippen LogP contribution in [0.3, 0.4) is 0 Å². The van der Waals surface area contributed by atoms with Gasteiger partial charge in [-0.05, 0) is 60.9 Å². The largest absolute Gasteiger partial charge is 0.484 e. The third kappa shape index (κ3) is 5.18. The average Bonchev–Trinajstić information content (AvgIpc) is 2.83. The van der Waals surface area contributed by atoms with Crippen LogP contribution in [0.1, 0.15) is 18.1 Å². The van der Waals surface area contributed by atoms with Crippen molar-refractivity contribution >= 4 is 34.2 Å². The van der Waals surface area contributed by atoms with Crippen molar-refractivity contribution in [2.75, 3.05) is 11.9 Å². The zero-order chi connectivity index (χ0) is 23.4. The maximum absolute atomic E-state index is 12.8. The van der Waals surface area contributed by atoms with Crippen molar-refractivity contribution in [3.63, 3.8) is 0 Å². The fraction of sp³-hybridized carbons (Fsp3) is 0.154. The van der Waals surface area contributed by atoms with Crippen LogP contribution in [0.2, 0.25) is 5.02 Å². The number of aryl methyl sites for hydroxylation is 1. The number of halogens is 1. The molecule has 4 rings (SSSR count). The summed E-state index contributed by atoms with van der Waals surface area (Å²) in [6, 6.07) is 17.6. The molecule has 168 valence electrons. The van der Waals surface area contributed by atoms with Crippen LogP contribution < -0.4 is 20.2 Å². The van der Waals surface area contributed by atoms with Crippen molar-refractivity contribution in [3.05, 3.63) is 93.3 Å². The quantitative estimate of drug-likeness (QED) is 0.357. The van der Waals surface area contributed by atoms with Crippen molar-refractivity contribution in [1.29, 1.82) is 0 Å². The van der Waals surface area contributed by atoms with Crippen LogP contribution in [0.15, 0.2) is 76.1 Å². The Kier molecular flexibility index (Phi) is 6.66. The summed E-state index contributed by atoms with van der Waals surface area (Å²) < 4.78 is 16.9. The van der Waals surface area contributed by atoms with Gasteiger partial charge in [0.15, 0.2) is 6.61 Å². The minimum absolute atomic E-state index is 0.0942. The number of ether oxygens (including phenoxy) is 2. The first-order valence-electron chi connectivity index (χ1n) is 10.4. The molecule has 1 aromatic heterocycles. The molecule has 0 aliphatic heterocycles. The molecule has 0 aliphatic carbocycles. The van der Waals surface area contributed by atoms with Crippen LogP contribution in [0.25, 0.3) is 11.0 Å². The van der Waals surface area contributed by atoms with Gasteiger partial charge >= 0.3 is 0 Å². The second-order valence-electron chi connectivity index (χ2n) is 7.44. The molecule has 0 saturated heterocycles. The first-order valence-corrected chi connectivity index (χ1v) is 10.8. The van der Waals surface area contributed by atoms with Crippen molar-refractivity contribution in [1.82, 2.24) is 0 Å². The maximum atomic E-state index is 12.8. The van der Waals surface area contributed by atoms with Gasteiger partial charge in [-0.2, -0.15) is 0 Å². The van der Waals surface area contributed by atoms with Crippen LogP contribution in [-0.2, 0) is 11.2 Å². The highest BCUT2D eigenvalue weighted by molar-refractivity contribution is 6.31. The molecule has 33 heavy (non-hydrogen) atoms. The number of carbonyl (C=O) groups excluding carboxylic acids is 1. The Morgan fingerprint density at radius 2 is 1.82 bits per heavy atom. The lowest BCUT2D eigenvalue weighted by Crippen LogP contribution is -2.20. The monoisotopic (exact) mass is 463 g/mol. The Balaban J connectivity index is 1.44. The Hall–Kier alpha value is -3.77. The molecule has 0 unspecified atom stereocenters. The van der Waals surface area contributed by atoms with E-state index in [2.05, 4.69) is 12.2 Å². The minimum atomic E-state index is -0.334. The van der Waals surface area contributed by atoms with Crippen LogP contribution in [0.4, 0.5) is 5.69 Å².